The minimum absolute atomic E-state index is 0.0431. The maximum absolute atomic E-state index is 13.5. The largest absolute Gasteiger partial charge is 0.369 e. The Hall–Kier alpha value is -2.66. The smallest absolute Gasteiger partial charge is 0.261 e. The number of rotatable bonds is 6. The predicted octanol–water partition coefficient (Wildman–Crippen LogP) is 5.25. The molecular formula is C24H27ClN4O. The summed E-state index contributed by atoms with van der Waals surface area (Å²) >= 11 is 5.95. The zero-order valence-electron chi connectivity index (χ0n) is 17.7. The number of likely N-dealkylation sites (N-methyl/N-ethyl adjacent to an activating group) is 1. The van der Waals surface area contributed by atoms with Gasteiger partial charge < -0.3 is 4.90 Å². The Balaban J connectivity index is 1.92. The van der Waals surface area contributed by atoms with Crippen molar-refractivity contribution in [2.24, 2.45) is 0 Å². The lowest BCUT2D eigenvalue weighted by atomic mass is 9.94. The molecule has 0 amide bonds. The van der Waals surface area contributed by atoms with Crippen LogP contribution in [0.5, 0.6) is 0 Å². The van der Waals surface area contributed by atoms with Gasteiger partial charge in [0, 0.05) is 31.4 Å². The Morgan fingerprint density at radius 1 is 1.23 bits per heavy atom. The van der Waals surface area contributed by atoms with Crippen molar-refractivity contribution >= 4 is 34.3 Å². The summed E-state index contributed by atoms with van der Waals surface area (Å²) in [7, 11) is 2.05. The Morgan fingerprint density at radius 2 is 2.07 bits per heavy atom. The van der Waals surface area contributed by atoms with E-state index in [1.54, 1.807) is 18.6 Å². The molecule has 1 unspecified atom stereocenters. The van der Waals surface area contributed by atoms with Gasteiger partial charge >= 0.3 is 0 Å². The zero-order valence-corrected chi connectivity index (χ0v) is 18.5. The van der Waals surface area contributed by atoms with Crippen LogP contribution < -0.4 is 10.5 Å². The summed E-state index contributed by atoms with van der Waals surface area (Å²) in [5, 5.41) is 1.16. The van der Waals surface area contributed by atoms with Gasteiger partial charge in [0.25, 0.3) is 5.56 Å². The third-order valence-corrected chi connectivity index (χ3v) is 6.11. The SMILES string of the molecule is CCCC(CC)n1cnc2c3c(c(Cc4ccc(Cl)nc4)cc2c1=O)C=CCN3C. The van der Waals surface area contributed by atoms with Crippen LogP contribution in [0, 0.1) is 0 Å². The highest BCUT2D eigenvalue weighted by Gasteiger charge is 2.22. The standard InChI is InChI=1S/C24H27ClN4O/c1-4-7-18(5-2)29-15-27-22-20(24(29)30)13-17(12-16-9-10-21(25)26-14-16)19-8-6-11-28(3)23(19)22/h6,8-10,13-15,18H,4-5,7,11-12H2,1-3H3. The van der Waals surface area contributed by atoms with Crippen LogP contribution >= 0.6 is 11.6 Å². The molecule has 1 aliphatic rings. The van der Waals surface area contributed by atoms with E-state index in [0.717, 1.165) is 53.7 Å². The molecule has 0 aliphatic carbocycles. The van der Waals surface area contributed by atoms with Crippen molar-refractivity contribution in [3.8, 4) is 0 Å². The van der Waals surface area contributed by atoms with E-state index in [1.165, 1.54) is 0 Å². The fourth-order valence-corrected chi connectivity index (χ4v) is 4.45. The number of fused-ring (bicyclic) bond motifs is 3. The molecule has 3 heterocycles. The quantitative estimate of drug-likeness (QED) is 0.509. The summed E-state index contributed by atoms with van der Waals surface area (Å²) in [4.78, 5) is 24.7. The molecule has 0 spiro atoms. The Bertz CT molecular complexity index is 1150. The molecule has 0 fully saturated rings. The number of hydrogen-bond acceptors (Lipinski definition) is 4. The minimum atomic E-state index is 0.0431. The van der Waals surface area contributed by atoms with Gasteiger partial charge in [0.1, 0.15) is 10.7 Å². The average molecular weight is 423 g/mol. The second-order valence-electron chi connectivity index (χ2n) is 7.95. The summed E-state index contributed by atoms with van der Waals surface area (Å²) < 4.78 is 1.82. The molecule has 0 saturated heterocycles. The first-order valence-electron chi connectivity index (χ1n) is 10.6. The van der Waals surface area contributed by atoms with Crippen LogP contribution in [0.2, 0.25) is 5.15 Å². The Kier molecular flexibility index (Phi) is 5.91. The number of hydrogen-bond donors (Lipinski definition) is 0. The van der Waals surface area contributed by atoms with E-state index in [9.17, 15) is 4.79 Å². The van der Waals surface area contributed by atoms with E-state index in [4.69, 9.17) is 16.6 Å². The first kappa shape index (κ1) is 20.6. The third-order valence-electron chi connectivity index (χ3n) is 5.89. The Labute approximate surface area is 182 Å². The number of anilines is 1. The van der Waals surface area contributed by atoms with Crippen LogP contribution in [0.15, 0.2) is 41.6 Å². The number of pyridine rings is 1. The molecule has 5 nitrogen and oxygen atoms in total. The zero-order chi connectivity index (χ0) is 21.3. The van der Waals surface area contributed by atoms with Gasteiger partial charge in [0.05, 0.1) is 17.4 Å². The van der Waals surface area contributed by atoms with Crippen molar-refractivity contribution in [2.75, 3.05) is 18.5 Å². The number of benzene rings is 1. The van der Waals surface area contributed by atoms with Crippen molar-refractivity contribution in [1.82, 2.24) is 14.5 Å². The highest BCUT2D eigenvalue weighted by atomic mass is 35.5. The first-order chi connectivity index (χ1) is 14.5. The van der Waals surface area contributed by atoms with E-state index in [2.05, 4.69) is 42.9 Å². The van der Waals surface area contributed by atoms with Crippen LogP contribution in [-0.2, 0) is 6.42 Å². The summed E-state index contributed by atoms with van der Waals surface area (Å²) in [5.41, 5.74) is 5.13. The van der Waals surface area contributed by atoms with Gasteiger partial charge in [-0.15, -0.1) is 0 Å². The third kappa shape index (κ3) is 3.74. The van der Waals surface area contributed by atoms with Crippen LogP contribution in [-0.4, -0.2) is 28.1 Å². The fourth-order valence-electron chi connectivity index (χ4n) is 4.34. The molecule has 3 aromatic rings. The molecular weight excluding hydrogens is 396 g/mol. The molecule has 0 N–H and O–H groups in total. The lowest BCUT2D eigenvalue weighted by molar-refractivity contribution is 0.433. The maximum atomic E-state index is 13.5. The molecule has 4 rings (SSSR count). The lowest BCUT2D eigenvalue weighted by Gasteiger charge is -2.27. The predicted molar refractivity (Wildman–Crippen MR) is 125 cm³/mol. The molecule has 1 aromatic carbocycles. The van der Waals surface area contributed by atoms with Gasteiger partial charge in [0.2, 0.25) is 0 Å². The van der Waals surface area contributed by atoms with Crippen molar-refractivity contribution in [1.29, 1.82) is 0 Å². The highest BCUT2D eigenvalue weighted by Crippen LogP contribution is 2.35. The van der Waals surface area contributed by atoms with Gasteiger partial charge in [-0.1, -0.05) is 50.1 Å². The van der Waals surface area contributed by atoms with Crippen LogP contribution in [0.3, 0.4) is 0 Å². The van der Waals surface area contributed by atoms with E-state index in [-0.39, 0.29) is 11.6 Å². The normalized spacial score (nSPS) is 14.2. The molecule has 30 heavy (non-hydrogen) atoms. The Morgan fingerprint density at radius 3 is 2.77 bits per heavy atom. The van der Waals surface area contributed by atoms with Crippen LogP contribution in [0.25, 0.3) is 17.0 Å². The molecule has 1 aliphatic heterocycles. The summed E-state index contributed by atoms with van der Waals surface area (Å²) in [6.07, 6.45) is 11.4. The van der Waals surface area contributed by atoms with E-state index < -0.39 is 0 Å². The minimum Gasteiger partial charge on any atom is -0.369 e. The number of nitrogens with zero attached hydrogens (tertiary/aromatic N) is 4. The molecule has 156 valence electrons. The molecule has 6 heteroatoms. The van der Waals surface area contributed by atoms with Crippen molar-refractivity contribution < 1.29 is 0 Å². The van der Waals surface area contributed by atoms with Gasteiger partial charge in [-0.3, -0.25) is 9.36 Å². The van der Waals surface area contributed by atoms with Crippen LogP contribution in [0.1, 0.15) is 55.8 Å². The highest BCUT2D eigenvalue weighted by molar-refractivity contribution is 6.29. The number of aromatic nitrogens is 3. The summed E-state index contributed by atoms with van der Waals surface area (Å²) in [5.74, 6) is 0. The maximum Gasteiger partial charge on any atom is 0.261 e. The van der Waals surface area contributed by atoms with Crippen molar-refractivity contribution in [2.45, 2.75) is 45.6 Å². The van der Waals surface area contributed by atoms with Gasteiger partial charge in [-0.05, 0) is 42.5 Å². The second-order valence-corrected chi connectivity index (χ2v) is 8.34. The van der Waals surface area contributed by atoms with Crippen molar-refractivity contribution in [3.05, 3.63) is 69.0 Å². The number of halogens is 1. The van der Waals surface area contributed by atoms with Crippen LogP contribution in [0.4, 0.5) is 5.69 Å². The molecule has 0 radical (unpaired) electrons. The monoisotopic (exact) mass is 422 g/mol. The molecule has 2 aromatic heterocycles. The van der Waals surface area contributed by atoms with E-state index >= 15 is 0 Å². The molecule has 0 saturated carbocycles. The van der Waals surface area contributed by atoms with Gasteiger partial charge in [0.15, 0.2) is 0 Å². The van der Waals surface area contributed by atoms with E-state index in [1.807, 2.05) is 16.7 Å². The lowest BCUT2D eigenvalue weighted by Crippen LogP contribution is -2.27. The van der Waals surface area contributed by atoms with Gasteiger partial charge in [-0.25, -0.2) is 9.97 Å². The molecule has 0 bridgehead atoms. The topological polar surface area (TPSA) is 51.0 Å². The van der Waals surface area contributed by atoms with Crippen molar-refractivity contribution in [3.63, 3.8) is 0 Å². The summed E-state index contributed by atoms with van der Waals surface area (Å²) in [6.45, 7) is 5.08. The molecule has 1 atom stereocenters. The van der Waals surface area contributed by atoms with E-state index in [0.29, 0.717) is 17.0 Å². The average Bonchev–Trinajstić information content (AvgIpc) is 2.75. The first-order valence-corrected chi connectivity index (χ1v) is 11.0. The second kappa shape index (κ2) is 8.60. The van der Waals surface area contributed by atoms with Gasteiger partial charge in [-0.2, -0.15) is 0 Å². The fraction of sp³-hybridized carbons (Fsp3) is 0.375. The summed E-state index contributed by atoms with van der Waals surface area (Å²) in [6, 6.07) is 5.99.